The number of unbranched alkanes of at least 4 members (excludes halogenated alkanes) is 6. The minimum atomic E-state index is -1.06. The van der Waals surface area contributed by atoms with Crippen molar-refractivity contribution in [3.8, 4) is 0 Å². The third-order valence-electron chi connectivity index (χ3n) is 24.0. The molecule has 130 heavy (non-hydrogen) atoms. The van der Waals surface area contributed by atoms with Crippen LogP contribution in [0.3, 0.4) is 0 Å². The zero-order chi connectivity index (χ0) is 92.7. The van der Waals surface area contributed by atoms with Crippen molar-refractivity contribution >= 4 is 71.7 Å². The average Bonchev–Trinajstić information content (AvgIpc) is 1.65. The van der Waals surface area contributed by atoms with Gasteiger partial charge in [-0.05, 0) is 251 Å². The summed E-state index contributed by atoms with van der Waals surface area (Å²) in [6.45, 7) is 8.84. The molecule has 14 rings (SSSR count). The van der Waals surface area contributed by atoms with Crippen LogP contribution in [0.4, 0.5) is 0 Å². The molecule has 5 saturated heterocycles. The normalized spacial score (nSPS) is 17.7. The minimum absolute atomic E-state index is 0.000258. The number of benzene rings is 7. The number of nitrogens with two attached hydrogens (primary N) is 1. The molecule has 2 aliphatic carbocycles. The van der Waals surface area contributed by atoms with Crippen LogP contribution >= 0.6 is 0 Å². The van der Waals surface area contributed by atoms with Crippen LogP contribution in [-0.2, 0) is 33.6 Å². The Morgan fingerprint density at radius 2 is 0.585 bits per heavy atom. The number of likely N-dealkylation sites (tertiary alicyclic amines) is 4. The average molecular weight is 1780 g/mol. The van der Waals surface area contributed by atoms with Gasteiger partial charge < -0.3 is 82.1 Å². The lowest BCUT2D eigenvalue weighted by atomic mass is 10.0. The molecule has 26 heteroatoms. The van der Waals surface area contributed by atoms with Gasteiger partial charge in [-0.15, -0.1) is 0 Å². The smallest absolute Gasteiger partial charge is 0.326 e. The molecule has 0 radical (unpaired) electrons. The lowest BCUT2D eigenvalue weighted by Crippen LogP contribution is -2.47. The van der Waals surface area contributed by atoms with E-state index >= 15 is 0 Å². The van der Waals surface area contributed by atoms with Crippen molar-refractivity contribution < 1.29 is 72.9 Å². The SMILES string of the molecule is C1CCNC1.N[C@@H]1C[C@H]1c1ccccc1.O=C(N[C@@H](CCCCC[C@@H]1C[C@H]1c1ccccc1)C(=O)N1CCCC1)c1ccccc1.O=C(N[C@@H](CCCCO)C(=O)N1CCCC1)c1ccccc1.O=C(N[C@@H](CCCCO)C(=O)O)c1ccccc1.O=CCCC[C@H](NC(=O)c1ccccc1)C(=O)N1CCCC1.O=CCCC[C@H](NC(=O)c1ccccc1)C(=O)N1CCCC1. The molecule has 7 aromatic rings. The zero-order valence-electron chi connectivity index (χ0n) is 75.7. The van der Waals surface area contributed by atoms with E-state index < -0.39 is 42.1 Å². The fourth-order valence-electron chi connectivity index (χ4n) is 16.3. The lowest BCUT2D eigenvalue weighted by molar-refractivity contribution is -0.139. The van der Waals surface area contributed by atoms with E-state index in [4.69, 9.17) is 21.1 Å². The summed E-state index contributed by atoms with van der Waals surface area (Å²) in [5, 5.41) is 43.8. The van der Waals surface area contributed by atoms with Gasteiger partial charge in [-0.1, -0.05) is 171 Å². The highest BCUT2D eigenvalue weighted by atomic mass is 16.4. The number of nitrogens with zero attached hydrogens (tertiary/aromatic N) is 4. The Bertz CT molecular complexity index is 4360. The number of carbonyl (C=O) groups excluding carboxylic acids is 11. The molecule has 0 aromatic heterocycles. The molecule has 26 nitrogen and oxygen atoms in total. The second kappa shape index (κ2) is 60.3. The van der Waals surface area contributed by atoms with Gasteiger partial charge in [0.2, 0.25) is 23.6 Å². The van der Waals surface area contributed by atoms with Crippen molar-refractivity contribution in [3.05, 3.63) is 251 Å². The van der Waals surface area contributed by atoms with Gasteiger partial charge in [0, 0.05) is 118 Å². The topological polar surface area (TPSA) is 377 Å². The summed E-state index contributed by atoms with van der Waals surface area (Å²) >= 11 is 0. The van der Waals surface area contributed by atoms with E-state index in [1.54, 1.807) is 125 Å². The van der Waals surface area contributed by atoms with Crippen LogP contribution in [0.25, 0.3) is 0 Å². The van der Waals surface area contributed by atoms with Gasteiger partial charge in [-0.25, -0.2) is 4.79 Å². The van der Waals surface area contributed by atoms with Gasteiger partial charge in [0.1, 0.15) is 42.8 Å². The number of hydrogen-bond acceptors (Lipinski definition) is 16. The fourth-order valence-corrected chi connectivity index (χ4v) is 16.3. The van der Waals surface area contributed by atoms with E-state index in [1.807, 2.05) is 52.3 Å². The molecule has 9 amide bonds. The fraction of sp³-hybridized carbons (Fsp3) is 0.481. The van der Waals surface area contributed by atoms with Crippen LogP contribution in [0.15, 0.2) is 212 Å². The number of carboxylic acid groups (broad SMARTS) is 1. The number of hydrogen-bond donors (Lipinski definition) is 10. The van der Waals surface area contributed by atoms with Crippen molar-refractivity contribution in [2.75, 3.05) is 78.7 Å². The standard InChI is InChI=1S/C27H34N2O2.C17H24N2O3.2C17H22N2O3.C13H17NO4.C9H11N.C4H9N/c30-26(22-14-6-2-7-15-22)28-25(27(31)29-18-10-11-19-29)17-9-3-8-16-23-20-24(23)21-12-4-1-5-13-21;3*20-13-7-4-10-15(17(22)19-11-5-6-12-19)18-16(21)14-8-2-1-3-9-14;15-9-5-4-8-11(13(17)18)14-12(16)10-6-2-1-3-7-10;10-9-6-8(9)7-4-2-1-3-5-7;1-2-4-5-3-1/h1-2,4-7,12-15,23-25H,3,8-11,16-20H2,(H,28,30);1-3,8-9,15,20H,4-7,10-13H2,(H,18,21);2*1-3,8-9,13,15H,4-7,10-12H2,(H,18,21);1-3,6-7,11,15H,4-5,8-9H2,(H,14,16)(H,17,18);1-5,8-9H,6,10H2;5H,1-4H2/t23-,24+,25+;3*15-;11-;8-,9+;/m100000./s1. The molecule has 9 atom stereocenters. The first-order chi connectivity index (χ1) is 63.4. The van der Waals surface area contributed by atoms with Crippen molar-refractivity contribution in [2.24, 2.45) is 11.7 Å². The van der Waals surface area contributed by atoms with Crippen LogP contribution in [0, 0.1) is 5.92 Å². The maximum atomic E-state index is 13.0. The number of aliphatic carboxylic acids is 1. The number of aliphatic hydroxyl groups excluding tert-OH is 2. The summed E-state index contributed by atoms with van der Waals surface area (Å²) in [6, 6.07) is 63.1. The second-order valence-corrected chi connectivity index (χ2v) is 34.1. The molecule has 5 aliphatic heterocycles. The molecule has 0 spiro atoms. The van der Waals surface area contributed by atoms with Gasteiger partial charge in [0.05, 0.1) is 0 Å². The van der Waals surface area contributed by atoms with Crippen molar-refractivity contribution in [3.63, 3.8) is 0 Å². The Hall–Kier alpha value is -11.6. The third kappa shape index (κ3) is 38.2. The molecule has 11 N–H and O–H groups in total. The Balaban J connectivity index is 0.000000194. The summed E-state index contributed by atoms with van der Waals surface area (Å²) < 4.78 is 0. The molecule has 5 heterocycles. The third-order valence-corrected chi connectivity index (χ3v) is 24.0. The minimum Gasteiger partial charge on any atom is -0.480 e. The van der Waals surface area contributed by atoms with Crippen molar-refractivity contribution in [2.45, 2.75) is 234 Å². The highest BCUT2D eigenvalue weighted by molar-refractivity contribution is 6.00. The van der Waals surface area contributed by atoms with E-state index in [9.17, 15) is 57.5 Å². The largest absolute Gasteiger partial charge is 0.480 e. The number of aliphatic hydroxyl groups is 2. The highest BCUT2D eigenvalue weighted by Gasteiger charge is 2.38. The predicted molar refractivity (Wildman–Crippen MR) is 505 cm³/mol. The summed E-state index contributed by atoms with van der Waals surface area (Å²) in [7, 11) is 0. The molecular formula is C104H139N11O15. The first kappa shape index (κ1) is 104. The zero-order valence-corrected chi connectivity index (χ0v) is 75.7. The van der Waals surface area contributed by atoms with Crippen molar-refractivity contribution in [1.29, 1.82) is 0 Å². The van der Waals surface area contributed by atoms with Crippen LogP contribution < -0.4 is 37.6 Å². The molecule has 0 unspecified atom stereocenters. The van der Waals surface area contributed by atoms with E-state index in [0.717, 1.165) is 154 Å². The van der Waals surface area contributed by atoms with E-state index in [2.05, 4.69) is 86.5 Å². The lowest BCUT2D eigenvalue weighted by Gasteiger charge is -2.24. The Kier molecular flexibility index (Phi) is 48.2. The summed E-state index contributed by atoms with van der Waals surface area (Å²) in [5.41, 5.74) is 11.3. The molecule has 0 bridgehead atoms. The van der Waals surface area contributed by atoms with E-state index in [-0.39, 0.29) is 60.5 Å². The van der Waals surface area contributed by atoms with Crippen LogP contribution in [0.1, 0.15) is 261 Å². The van der Waals surface area contributed by atoms with E-state index in [1.165, 1.54) is 62.7 Å². The number of nitrogens with one attached hydrogen (secondary N) is 6. The second-order valence-electron chi connectivity index (χ2n) is 34.1. The van der Waals surface area contributed by atoms with Gasteiger partial charge in [0.15, 0.2) is 0 Å². The van der Waals surface area contributed by atoms with Crippen LogP contribution in [0.2, 0.25) is 0 Å². The summed E-state index contributed by atoms with van der Waals surface area (Å²) in [6.07, 6.45) is 26.8. The first-order valence-corrected chi connectivity index (χ1v) is 47.2. The highest BCUT2D eigenvalue weighted by Crippen LogP contribution is 2.50. The monoisotopic (exact) mass is 1780 g/mol. The van der Waals surface area contributed by atoms with Gasteiger partial charge in [0.25, 0.3) is 29.5 Å². The molecule has 7 aromatic carbocycles. The number of rotatable bonds is 39. The maximum absolute atomic E-state index is 13.0. The predicted octanol–water partition coefficient (Wildman–Crippen LogP) is 13.2. The molecule has 7 aliphatic rings. The van der Waals surface area contributed by atoms with Crippen LogP contribution in [-0.4, -0.2) is 222 Å². The number of carbonyl (C=O) groups is 12. The molecule has 7 fully saturated rings. The number of carboxylic acids is 1. The Morgan fingerprint density at radius 1 is 0.331 bits per heavy atom. The number of amides is 9. The van der Waals surface area contributed by atoms with E-state index in [0.29, 0.717) is 110 Å². The van der Waals surface area contributed by atoms with Crippen molar-refractivity contribution in [1.82, 2.24) is 51.5 Å². The number of aldehydes is 2. The summed E-state index contributed by atoms with van der Waals surface area (Å²) in [4.78, 5) is 151. The first-order valence-electron chi connectivity index (χ1n) is 47.2. The molecule has 2 saturated carbocycles. The maximum Gasteiger partial charge on any atom is 0.326 e. The summed E-state index contributed by atoms with van der Waals surface area (Å²) in [5.74, 6) is -0.0749. The van der Waals surface area contributed by atoms with Gasteiger partial charge in [-0.2, -0.15) is 0 Å². The molecular weight excluding hydrogens is 1640 g/mol. The Labute approximate surface area is 767 Å². The van der Waals surface area contributed by atoms with Crippen LogP contribution in [0.5, 0.6) is 0 Å². The van der Waals surface area contributed by atoms with Gasteiger partial charge in [-0.3, -0.25) is 43.2 Å². The van der Waals surface area contributed by atoms with Gasteiger partial charge >= 0.3 is 5.97 Å². The Morgan fingerprint density at radius 3 is 0.838 bits per heavy atom. The quantitative estimate of drug-likeness (QED) is 0.0126. The molecule has 700 valence electrons.